The van der Waals surface area contributed by atoms with E-state index in [0.29, 0.717) is 0 Å². The summed E-state index contributed by atoms with van der Waals surface area (Å²) in [7, 11) is 0. The topological polar surface area (TPSA) is 11.4 Å². The van der Waals surface area contributed by atoms with Gasteiger partial charge in [0, 0.05) is 50.3 Å². The first-order valence-corrected chi connectivity index (χ1v) is 37.3. The van der Waals surface area contributed by atoms with Crippen molar-refractivity contribution < 1.29 is 0 Å². The highest BCUT2D eigenvalue weighted by Crippen LogP contribution is 2.64. The fourth-order valence-electron chi connectivity index (χ4n) is 17.8. The summed E-state index contributed by atoms with van der Waals surface area (Å²) in [4.78, 5) is 5.39. The Morgan fingerprint density at radius 2 is 0.689 bits per heavy atom. The molecule has 0 fully saturated rings. The van der Waals surface area contributed by atoms with E-state index in [1.54, 1.807) is 0 Å². The molecule has 13 aromatic carbocycles. The van der Waals surface area contributed by atoms with Crippen LogP contribution in [0, 0.1) is 0 Å². The van der Waals surface area contributed by atoms with Crippen LogP contribution in [-0.4, -0.2) is 11.3 Å². The summed E-state index contributed by atoms with van der Waals surface area (Å²) in [6.07, 6.45) is 0. The number of hydrogen-bond acceptors (Lipinski definition) is 2. The first kappa shape index (κ1) is 64.4. The first-order valence-electron chi connectivity index (χ1n) is 37.3. The number of benzene rings is 13. The quantitative estimate of drug-likeness (QED) is 0.154. The van der Waals surface area contributed by atoms with Gasteiger partial charge in [0.25, 0.3) is 6.71 Å². The van der Waals surface area contributed by atoms with Crippen molar-refractivity contribution in [3.05, 3.63) is 323 Å². The van der Waals surface area contributed by atoms with E-state index >= 15 is 0 Å². The molecule has 3 heterocycles. The number of fused-ring (bicyclic) bond motifs is 17. The van der Waals surface area contributed by atoms with Crippen molar-refractivity contribution in [1.82, 2.24) is 4.57 Å². The molecule has 0 saturated heterocycles. The van der Waals surface area contributed by atoms with Gasteiger partial charge in [0.2, 0.25) is 0 Å². The van der Waals surface area contributed by atoms with Gasteiger partial charge in [-0.3, -0.25) is 0 Å². The third kappa shape index (κ3) is 9.90. The Morgan fingerprint density at radius 1 is 0.252 bits per heavy atom. The molecule has 1 spiro atoms. The highest BCUT2D eigenvalue weighted by atomic mass is 15.2. The Bertz CT molecular complexity index is 5770. The average Bonchev–Trinajstić information content (AvgIpc) is 1.54. The zero-order chi connectivity index (χ0) is 71.2. The van der Waals surface area contributed by atoms with Gasteiger partial charge in [0.15, 0.2) is 0 Å². The van der Waals surface area contributed by atoms with Crippen LogP contribution in [0.25, 0.3) is 83.1 Å². The normalized spacial score (nSPS) is 14.2. The average molecular weight is 1330 g/mol. The third-order valence-corrected chi connectivity index (χ3v) is 23.3. The first-order chi connectivity index (χ1) is 49.2. The van der Waals surface area contributed by atoms with Gasteiger partial charge in [-0.05, 0) is 211 Å². The lowest BCUT2D eigenvalue weighted by atomic mass is 9.33. The van der Waals surface area contributed by atoms with E-state index < -0.39 is 5.41 Å². The monoisotopic (exact) mass is 1330 g/mol. The maximum Gasteiger partial charge on any atom is 0.252 e. The number of nitrogens with zero attached hydrogens (tertiary/aromatic N) is 3. The summed E-state index contributed by atoms with van der Waals surface area (Å²) < 4.78 is 2.60. The molecule has 0 saturated carbocycles. The number of hydrogen-bond donors (Lipinski definition) is 0. The highest BCUT2D eigenvalue weighted by molar-refractivity contribution is 7.00. The van der Waals surface area contributed by atoms with E-state index in [1.165, 1.54) is 161 Å². The minimum atomic E-state index is -0.511. The molecule has 0 N–H and O–H groups in total. The van der Waals surface area contributed by atoms with Crippen LogP contribution in [-0.2, 0) is 32.5 Å². The molecule has 0 atom stereocenters. The molecule has 18 rings (SSSR count). The number of aromatic nitrogens is 1. The Labute approximate surface area is 610 Å². The fraction of sp³-hybridized carbons (Fsp3) is 0.212. The van der Waals surface area contributed by atoms with E-state index in [1.807, 2.05) is 0 Å². The zero-order valence-corrected chi connectivity index (χ0v) is 62.4. The standard InChI is InChI=1S/C99H90BN3/c1-94(2,3)65-43-48-86(75(54-65)61-30-18-16-19-31-61)102-89-52-63(64-50-67(96(7,8)9)53-68(51-64)97(10,11)12)42-46-83(89)100-84-47-45-70(58-90(84)103(92-57-69(98(13,14)15)56-91(102)93(92)100)87-49-44-66(95(4,5)6)55-76(87)62-32-20-17-21-33-62)101-85-41-29-25-37-74(85)78-59-77-73-36-24-28-40-81(73)99(82(77)60-88(78)101)79-38-26-22-34-71(79)72-35-23-27-39-80(72)99/h16-60H,1-15H3. The smallest absolute Gasteiger partial charge is 0.252 e. The fourth-order valence-corrected chi connectivity index (χ4v) is 17.8. The summed E-state index contributed by atoms with van der Waals surface area (Å²) in [6, 6.07) is 107. The summed E-state index contributed by atoms with van der Waals surface area (Å²) in [6.45, 7) is 35.2. The molecule has 14 aromatic rings. The van der Waals surface area contributed by atoms with Gasteiger partial charge in [-0.15, -0.1) is 0 Å². The van der Waals surface area contributed by atoms with Gasteiger partial charge < -0.3 is 14.4 Å². The van der Waals surface area contributed by atoms with Gasteiger partial charge in [0.05, 0.1) is 27.8 Å². The minimum Gasteiger partial charge on any atom is -0.311 e. The Balaban J connectivity index is 0.962. The molecule has 1 aromatic heterocycles. The van der Waals surface area contributed by atoms with Gasteiger partial charge in [-0.1, -0.05) is 304 Å². The predicted octanol–water partition coefficient (Wildman–Crippen LogP) is 24.7. The second-order valence-corrected chi connectivity index (χ2v) is 34.9. The number of rotatable bonds is 6. The van der Waals surface area contributed by atoms with Crippen LogP contribution in [0.15, 0.2) is 273 Å². The van der Waals surface area contributed by atoms with Crippen LogP contribution in [0.3, 0.4) is 0 Å². The predicted molar refractivity (Wildman–Crippen MR) is 441 cm³/mol. The van der Waals surface area contributed by atoms with Gasteiger partial charge in [-0.2, -0.15) is 0 Å². The lowest BCUT2D eigenvalue weighted by molar-refractivity contribution is 0.569. The van der Waals surface area contributed by atoms with E-state index in [2.05, 4.69) is 391 Å². The van der Waals surface area contributed by atoms with E-state index in [-0.39, 0.29) is 33.8 Å². The summed E-state index contributed by atoms with van der Waals surface area (Å²) in [5.41, 5.74) is 37.6. The van der Waals surface area contributed by atoms with Crippen molar-refractivity contribution in [3.8, 4) is 61.3 Å². The van der Waals surface area contributed by atoms with Crippen LogP contribution in [0.2, 0.25) is 0 Å². The molecule has 0 unspecified atom stereocenters. The van der Waals surface area contributed by atoms with Crippen molar-refractivity contribution in [1.29, 1.82) is 0 Å². The third-order valence-electron chi connectivity index (χ3n) is 23.3. The summed E-state index contributed by atoms with van der Waals surface area (Å²) >= 11 is 0. The largest absolute Gasteiger partial charge is 0.311 e. The van der Waals surface area contributed by atoms with Crippen molar-refractivity contribution >= 4 is 79.0 Å². The molecule has 504 valence electrons. The second-order valence-electron chi connectivity index (χ2n) is 34.9. The number of para-hydroxylation sites is 1. The molecule has 4 aliphatic rings. The zero-order valence-electron chi connectivity index (χ0n) is 62.4. The van der Waals surface area contributed by atoms with Gasteiger partial charge >= 0.3 is 0 Å². The molecule has 2 aliphatic heterocycles. The van der Waals surface area contributed by atoms with E-state index in [0.717, 1.165) is 22.7 Å². The minimum absolute atomic E-state index is 0.0694. The Kier molecular flexibility index (Phi) is 14.2. The molecular weight excluding hydrogens is 1240 g/mol. The maximum absolute atomic E-state index is 2.70. The summed E-state index contributed by atoms with van der Waals surface area (Å²) in [5, 5.41) is 2.48. The van der Waals surface area contributed by atoms with Crippen molar-refractivity contribution in [2.24, 2.45) is 0 Å². The summed E-state index contributed by atoms with van der Waals surface area (Å²) in [5.74, 6) is 0. The highest BCUT2D eigenvalue weighted by Gasteiger charge is 2.52. The van der Waals surface area contributed by atoms with Crippen molar-refractivity contribution in [2.75, 3.05) is 9.80 Å². The second kappa shape index (κ2) is 22.7. The van der Waals surface area contributed by atoms with Gasteiger partial charge in [-0.25, -0.2) is 0 Å². The molecule has 2 aliphatic carbocycles. The van der Waals surface area contributed by atoms with Crippen molar-refractivity contribution in [3.63, 3.8) is 0 Å². The molecule has 4 heteroatoms. The van der Waals surface area contributed by atoms with Crippen LogP contribution < -0.4 is 26.2 Å². The maximum atomic E-state index is 2.70. The SMILES string of the molecule is CC(C)(C)c1cc(-c2ccc3c(c2)N(c2ccc(C(C)(C)C)cc2-c2ccccc2)c2cc(C(C)(C)C)cc4c2B3c2ccc(-n3c5ccccc5c5cc6c(cc53)C3(c5ccccc5-c5ccccc53)c3ccccc3-6)cc2N4c2ccc(C(C)(C)C)cc2-c2ccccc2)cc(C(C)(C)C)c1. The Morgan fingerprint density at radius 3 is 1.19 bits per heavy atom. The number of anilines is 6. The van der Waals surface area contributed by atoms with Crippen LogP contribution in [0.4, 0.5) is 34.1 Å². The van der Waals surface area contributed by atoms with E-state index in [4.69, 9.17) is 0 Å². The van der Waals surface area contributed by atoms with Crippen molar-refractivity contribution in [2.45, 2.75) is 136 Å². The molecule has 3 nitrogen and oxygen atoms in total. The molecule has 0 bridgehead atoms. The van der Waals surface area contributed by atoms with E-state index in [9.17, 15) is 0 Å². The molecule has 0 radical (unpaired) electrons. The molecule has 0 amide bonds. The lowest BCUT2D eigenvalue weighted by Crippen LogP contribution is -2.61. The van der Waals surface area contributed by atoms with Crippen LogP contribution in [0.1, 0.15) is 154 Å². The van der Waals surface area contributed by atoms with Crippen LogP contribution in [0.5, 0.6) is 0 Å². The lowest BCUT2D eigenvalue weighted by Gasteiger charge is -2.46. The van der Waals surface area contributed by atoms with Crippen LogP contribution >= 0.6 is 0 Å². The Hall–Kier alpha value is -10.7. The molecular formula is C99H90BN3. The van der Waals surface area contributed by atoms with Gasteiger partial charge in [0.1, 0.15) is 0 Å². The molecule has 103 heavy (non-hydrogen) atoms.